The first-order valence-electron chi connectivity index (χ1n) is 7.35. The van der Waals surface area contributed by atoms with Crippen LogP contribution in [0.15, 0.2) is 23.1 Å². The first-order valence-corrected chi connectivity index (χ1v) is 8.34. The standard InChI is InChI=1S/C16H22N2O4S/c1-4-17-16(21)18-14(19)10-22-15(20)7-8-23-13-6-5-11(2)12(3)9-13/h5-6,9H,4,7-8,10H2,1-3H3,(H2,17,18,19,21). The van der Waals surface area contributed by atoms with Crippen LogP contribution in [0.5, 0.6) is 0 Å². The Hall–Kier alpha value is -2.02. The van der Waals surface area contributed by atoms with Crippen molar-refractivity contribution in [1.82, 2.24) is 10.6 Å². The number of esters is 1. The lowest BCUT2D eigenvalue weighted by Gasteiger charge is -2.07. The molecule has 6 nitrogen and oxygen atoms in total. The molecule has 0 radical (unpaired) electrons. The molecular formula is C16H22N2O4S. The Morgan fingerprint density at radius 3 is 2.57 bits per heavy atom. The summed E-state index contributed by atoms with van der Waals surface area (Å²) < 4.78 is 4.82. The molecule has 1 rings (SSSR count). The number of rotatable bonds is 7. The van der Waals surface area contributed by atoms with Gasteiger partial charge in [-0.2, -0.15) is 0 Å². The predicted octanol–water partition coefficient (Wildman–Crippen LogP) is 2.17. The highest BCUT2D eigenvalue weighted by atomic mass is 32.2. The second-order valence-corrected chi connectivity index (χ2v) is 6.08. The summed E-state index contributed by atoms with van der Waals surface area (Å²) in [5.74, 6) is -0.544. The van der Waals surface area contributed by atoms with Gasteiger partial charge < -0.3 is 10.1 Å². The monoisotopic (exact) mass is 338 g/mol. The number of aryl methyl sites for hydroxylation is 2. The van der Waals surface area contributed by atoms with Crippen LogP contribution in [0.25, 0.3) is 0 Å². The first-order chi connectivity index (χ1) is 10.9. The predicted molar refractivity (Wildman–Crippen MR) is 89.4 cm³/mol. The third-order valence-corrected chi connectivity index (χ3v) is 4.00. The van der Waals surface area contributed by atoms with Crippen LogP contribution in [-0.2, 0) is 14.3 Å². The molecule has 0 saturated heterocycles. The number of benzene rings is 1. The fraction of sp³-hybridized carbons (Fsp3) is 0.438. The maximum atomic E-state index is 11.6. The van der Waals surface area contributed by atoms with Crippen molar-refractivity contribution >= 4 is 29.7 Å². The van der Waals surface area contributed by atoms with Gasteiger partial charge in [0, 0.05) is 17.2 Å². The Morgan fingerprint density at radius 1 is 1.17 bits per heavy atom. The van der Waals surface area contributed by atoms with E-state index in [1.165, 1.54) is 11.1 Å². The molecule has 0 unspecified atom stereocenters. The molecule has 1 aromatic rings. The molecule has 7 heteroatoms. The Bertz CT molecular complexity index is 575. The average molecular weight is 338 g/mol. The van der Waals surface area contributed by atoms with Crippen LogP contribution in [0, 0.1) is 13.8 Å². The third-order valence-electron chi connectivity index (χ3n) is 3.01. The summed E-state index contributed by atoms with van der Waals surface area (Å²) >= 11 is 1.56. The molecule has 0 aromatic heterocycles. The number of carbonyl (C=O) groups is 3. The van der Waals surface area contributed by atoms with E-state index in [-0.39, 0.29) is 6.42 Å². The molecule has 0 aliphatic heterocycles. The van der Waals surface area contributed by atoms with E-state index in [0.717, 1.165) is 4.90 Å². The van der Waals surface area contributed by atoms with E-state index in [1.807, 2.05) is 26.0 Å². The molecule has 0 spiro atoms. The van der Waals surface area contributed by atoms with E-state index in [4.69, 9.17) is 4.74 Å². The number of thioether (sulfide) groups is 1. The van der Waals surface area contributed by atoms with Gasteiger partial charge in [-0.25, -0.2) is 4.79 Å². The number of urea groups is 1. The lowest BCUT2D eigenvalue weighted by Crippen LogP contribution is -2.41. The first kappa shape index (κ1) is 19.0. The van der Waals surface area contributed by atoms with E-state index >= 15 is 0 Å². The normalized spacial score (nSPS) is 10.0. The number of amides is 3. The van der Waals surface area contributed by atoms with E-state index in [9.17, 15) is 14.4 Å². The fourth-order valence-corrected chi connectivity index (χ4v) is 2.57. The molecule has 0 fully saturated rings. The maximum Gasteiger partial charge on any atom is 0.321 e. The van der Waals surface area contributed by atoms with Crippen LogP contribution >= 0.6 is 11.8 Å². The molecule has 0 heterocycles. The zero-order chi connectivity index (χ0) is 17.2. The minimum absolute atomic E-state index is 0.200. The number of carbonyl (C=O) groups excluding carboxylic acids is 3. The Morgan fingerprint density at radius 2 is 1.91 bits per heavy atom. The average Bonchev–Trinajstić information content (AvgIpc) is 2.49. The minimum Gasteiger partial charge on any atom is -0.456 e. The summed E-state index contributed by atoms with van der Waals surface area (Å²) in [6.45, 7) is 5.78. The van der Waals surface area contributed by atoms with E-state index in [0.29, 0.717) is 12.3 Å². The summed E-state index contributed by atoms with van der Waals surface area (Å²) in [7, 11) is 0. The lowest BCUT2D eigenvalue weighted by atomic mass is 10.1. The van der Waals surface area contributed by atoms with Crippen molar-refractivity contribution in [1.29, 1.82) is 0 Å². The van der Waals surface area contributed by atoms with Crippen molar-refractivity contribution in [2.24, 2.45) is 0 Å². The van der Waals surface area contributed by atoms with Gasteiger partial charge in [0.25, 0.3) is 5.91 Å². The molecule has 0 aliphatic rings. The molecule has 0 bridgehead atoms. The van der Waals surface area contributed by atoms with Crippen molar-refractivity contribution in [3.05, 3.63) is 29.3 Å². The molecule has 0 atom stereocenters. The number of imide groups is 1. The molecule has 126 valence electrons. The van der Waals surface area contributed by atoms with Crippen LogP contribution in [0.1, 0.15) is 24.5 Å². The van der Waals surface area contributed by atoms with Gasteiger partial charge in [-0.15, -0.1) is 11.8 Å². The highest BCUT2D eigenvalue weighted by Crippen LogP contribution is 2.21. The van der Waals surface area contributed by atoms with Gasteiger partial charge in [0.1, 0.15) is 0 Å². The van der Waals surface area contributed by atoms with Crippen LogP contribution in [0.3, 0.4) is 0 Å². The van der Waals surface area contributed by atoms with Crippen molar-refractivity contribution in [2.75, 3.05) is 18.9 Å². The van der Waals surface area contributed by atoms with Crippen molar-refractivity contribution in [3.63, 3.8) is 0 Å². The Labute approximate surface area is 140 Å². The van der Waals surface area contributed by atoms with Gasteiger partial charge in [0.15, 0.2) is 6.61 Å². The van der Waals surface area contributed by atoms with Crippen LogP contribution in [0.4, 0.5) is 4.79 Å². The summed E-state index contributed by atoms with van der Waals surface area (Å²) in [6.07, 6.45) is 0.200. The van der Waals surface area contributed by atoms with Gasteiger partial charge in [-0.3, -0.25) is 14.9 Å². The van der Waals surface area contributed by atoms with Gasteiger partial charge in [0.05, 0.1) is 6.42 Å². The van der Waals surface area contributed by atoms with Gasteiger partial charge in [0.2, 0.25) is 0 Å². The van der Waals surface area contributed by atoms with E-state index in [2.05, 4.69) is 16.7 Å². The molecular weight excluding hydrogens is 316 g/mol. The number of hydrogen-bond donors (Lipinski definition) is 2. The number of nitrogens with one attached hydrogen (secondary N) is 2. The summed E-state index contributed by atoms with van der Waals surface area (Å²) in [4.78, 5) is 35.1. The van der Waals surface area contributed by atoms with Crippen molar-refractivity contribution in [2.45, 2.75) is 32.1 Å². The molecule has 1 aromatic carbocycles. The molecule has 2 N–H and O–H groups in total. The smallest absolute Gasteiger partial charge is 0.321 e. The largest absolute Gasteiger partial charge is 0.456 e. The van der Waals surface area contributed by atoms with E-state index < -0.39 is 24.5 Å². The highest BCUT2D eigenvalue weighted by molar-refractivity contribution is 7.99. The fourth-order valence-electron chi connectivity index (χ4n) is 1.64. The Balaban J connectivity index is 2.22. The number of ether oxygens (including phenoxy) is 1. The van der Waals surface area contributed by atoms with Crippen molar-refractivity contribution < 1.29 is 19.1 Å². The lowest BCUT2D eigenvalue weighted by molar-refractivity contribution is -0.147. The molecule has 23 heavy (non-hydrogen) atoms. The SMILES string of the molecule is CCNC(=O)NC(=O)COC(=O)CCSc1ccc(C)c(C)c1. The molecule has 0 saturated carbocycles. The summed E-state index contributed by atoms with van der Waals surface area (Å²) in [5, 5.41) is 4.47. The highest BCUT2D eigenvalue weighted by Gasteiger charge is 2.10. The van der Waals surface area contributed by atoms with E-state index in [1.54, 1.807) is 18.7 Å². The van der Waals surface area contributed by atoms with Crippen LogP contribution in [-0.4, -0.2) is 36.8 Å². The summed E-state index contributed by atoms with van der Waals surface area (Å²) in [6, 6.07) is 5.53. The zero-order valence-corrected chi connectivity index (χ0v) is 14.4. The Kier molecular flexibility index (Phi) is 8.18. The topological polar surface area (TPSA) is 84.5 Å². The summed E-state index contributed by atoms with van der Waals surface area (Å²) in [5.41, 5.74) is 2.44. The maximum absolute atomic E-state index is 11.6. The van der Waals surface area contributed by atoms with Crippen LogP contribution < -0.4 is 10.6 Å². The van der Waals surface area contributed by atoms with Crippen molar-refractivity contribution in [3.8, 4) is 0 Å². The van der Waals surface area contributed by atoms with Crippen LogP contribution in [0.2, 0.25) is 0 Å². The quantitative estimate of drug-likeness (QED) is 0.588. The van der Waals surface area contributed by atoms with Gasteiger partial charge in [-0.05, 0) is 44.0 Å². The third kappa shape index (κ3) is 7.69. The zero-order valence-electron chi connectivity index (χ0n) is 13.6. The second-order valence-electron chi connectivity index (χ2n) is 4.91. The second kappa shape index (κ2) is 9.89. The van der Waals surface area contributed by atoms with Gasteiger partial charge in [-0.1, -0.05) is 6.07 Å². The number of hydrogen-bond acceptors (Lipinski definition) is 5. The molecule has 0 aliphatic carbocycles. The van der Waals surface area contributed by atoms with Gasteiger partial charge >= 0.3 is 12.0 Å². The molecule has 3 amide bonds. The minimum atomic E-state index is -0.647.